The highest BCUT2D eigenvalue weighted by molar-refractivity contribution is 5.77. The van der Waals surface area contributed by atoms with Gasteiger partial charge in [-0.1, -0.05) is 20.3 Å². The Morgan fingerprint density at radius 2 is 1.78 bits per heavy atom. The van der Waals surface area contributed by atoms with Crippen LogP contribution in [-0.2, 0) is 9.53 Å². The molecule has 0 radical (unpaired) electrons. The normalized spacial score (nSPS) is 62.3. The summed E-state index contributed by atoms with van der Waals surface area (Å²) in [5.41, 5.74) is 1.47. The lowest BCUT2D eigenvalue weighted by molar-refractivity contribution is -0.189. The second-order valence-electron chi connectivity index (χ2n) is 10.6. The van der Waals surface area contributed by atoms with Gasteiger partial charge in [0.1, 0.15) is 0 Å². The van der Waals surface area contributed by atoms with E-state index >= 15 is 0 Å². The lowest BCUT2D eigenvalue weighted by Crippen LogP contribution is -2.59. The first-order valence-electron chi connectivity index (χ1n) is 9.89. The molecule has 0 aliphatic heterocycles. The summed E-state index contributed by atoms with van der Waals surface area (Å²) < 4.78 is 5.26. The summed E-state index contributed by atoms with van der Waals surface area (Å²) in [4.78, 5) is 12.6. The molecule has 6 saturated carbocycles. The molecule has 0 saturated heterocycles. The molecular weight excluding hydrogens is 284 g/mol. The zero-order chi connectivity index (χ0) is 16.3. The van der Waals surface area contributed by atoms with Crippen LogP contribution in [0.4, 0.5) is 0 Å². The van der Waals surface area contributed by atoms with Crippen molar-refractivity contribution in [2.24, 2.45) is 45.3 Å². The van der Waals surface area contributed by atoms with Crippen LogP contribution in [0.5, 0.6) is 0 Å². The fraction of sp³-hybridized carbons (Fsp3) is 0.952. The van der Waals surface area contributed by atoms with Crippen molar-refractivity contribution in [1.29, 1.82) is 0 Å². The fourth-order valence-electron chi connectivity index (χ4n) is 9.09. The molecule has 0 aromatic carbocycles. The molecule has 0 aromatic heterocycles. The molecule has 0 unspecified atom stereocenters. The Morgan fingerprint density at radius 3 is 2.43 bits per heavy atom. The predicted octanol–water partition coefficient (Wildman–Crippen LogP) is 4.82. The van der Waals surface area contributed by atoms with Gasteiger partial charge in [-0.2, -0.15) is 0 Å². The topological polar surface area (TPSA) is 26.3 Å². The Labute approximate surface area is 140 Å². The minimum Gasteiger partial charge on any atom is -0.469 e. The van der Waals surface area contributed by atoms with E-state index in [1.165, 1.54) is 44.9 Å². The zero-order valence-electron chi connectivity index (χ0n) is 15.3. The average Bonchev–Trinajstić information content (AvgIpc) is 2.97. The third kappa shape index (κ3) is 1.47. The summed E-state index contributed by atoms with van der Waals surface area (Å²) >= 11 is 0. The average molecular weight is 316 g/mol. The molecule has 6 aliphatic rings. The molecular formula is C21H32O2. The molecule has 4 bridgehead atoms. The Kier molecular flexibility index (Phi) is 2.57. The van der Waals surface area contributed by atoms with Crippen LogP contribution in [0.3, 0.4) is 0 Å². The number of hydrogen-bond donors (Lipinski definition) is 0. The number of ether oxygens (including phenoxy) is 1. The molecule has 0 aromatic rings. The highest BCUT2D eigenvalue weighted by Gasteiger charge is 2.78. The Balaban J connectivity index is 1.54. The predicted molar refractivity (Wildman–Crippen MR) is 89.7 cm³/mol. The molecule has 23 heavy (non-hydrogen) atoms. The molecule has 6 aliphatic carbocycles. The number of fused-ring (bicyclic) bond motifs is 1. The van der Waals surface area contributed by atoms with Crippen molar-refractivity contribution >= 4 is 5.97 Å². The first-order chi connectivity index (χ1) is 10.8. The highest BCUT2D eigenvalue weighted by atomic mass is 16.5. The van der Waals surface area contributed by atoms with Crippen LogP contribution < -0.4 is 0 Å². The van der Waals surface area contributed by atoms with Crippen LogP contribution in [-0.4, -0.2) is 13.1 Å². The zero-order valence-corrected chi connectivity index (χ0v) is 15.3. The first kappa shape index (κ1) is 14.8. The molecule has 0 heterocycles. The minimum absolute atomic E-state index is 0.0583. The number of rotatable bonds is 1. The van der Waals surface area contributed by atoms with E-state index in [2.05, 4.69) is 20.8 Å². The third-order valence-electron chi connectivity index (χ3n) is 10.0. The summed E-state index contributed by atoms with van der Waals surface area (Å²) in [6, 6.07) is 0. The van der Waals surface area contributed by atoms with E-state index in [9.17, 15) is 4.79 Å². The van der Waals surface area contributed by atoms with E-state index in [1.807, 2.05) is 0 Å². The largest absolute Gasteiger partial charge is 0.469 e. The maximum absolute atomic E-state index is 12.6. The van der Waals surface area contributed by atoms with Crippen molar-refractivity contribution in [2.75, 3.05) is 7.11 Å². The van der Waals surface area contributed by atoms with Gasteiger partial charge >= 0.3 is 5.97 Å². The van der Waals surface area contributed by atoms with E-state index < -0.39 is 0 Å². The van der Waals surface area contributed by atoms with Gasteiger partial charge in [-0.15, -0.1) is 0 Å². The number of hydrogen-bond acceptors (Lipinski definition) is 2. The molecule has 0 amide bonds. The van der Waals surface area contributed by atoms with Crippen LogP contribution in [0.15, 0.2) is 0 Å². The second-order valence-corrected chi connectivity index (χ2v) is 10.6. The molecule has 6 rings (SSSR count). The van der Waals surface area contributed by atoms with Gasteiger partial charge in [0.05, 0.1) is 12.5 Å². The molecule has 2 heteroatoms. The smallest absolute Gasteiger partial charge is 0.311 e. The minimum atomic E-state index is -0.239. The SMILES string of the molecule is COC(=O)[C@]1(C)CCC[C@@]2(C)[C@@H]3C[C@@H]4[C@@H]5C[C@@]3(CC[C@@H]21)C[C@]45C. The van der Waals surface area contributed by atoms with Crippen molar-refractivity contribution < 1.29 is 9.53 Å². The maximum atomic E-state index is 12.6. The maximum Gasteiger partial charge on any atom is 0.311 e. The van der Waals surface area contributed by atoms with E-state index in [1.54, 1.807) is 7.11 Å². The summed E-state index contributed by atoms with van der Waals surface area (Å²) in [5.74, 6) is 3.53. The van der Waals surface area contributed by atoms with Gasteiger partial charge in [0.25, 0.3) is 0 Å². The molecule has 6 fully saturated rings. The van der Waals surface area contributed by atoms with Gasteiger partial charge in [-0.3, -0.25) is 4.79 Å². The van der Waals surface area contributed by atoms with Gasteiger partial charge in [-0.05, 0) is 91.8 Å². The Bertz CT molecular complexity index is 584. The van der Waals surface area contributed by atoms with Gasteiger partial charge < -0.3 is 4.74 Å². The molecule has 128 valence electrons. The molecule has 0 N–H and O–H groups in total. The van der Waals surface area contributed by atoms with E-state index in [4.69, 9.17) is 4.74 Å². The quantitative estimate of drug-likeness (QED) is 0.648. The van der Waals surface area contributed by atoms with Gasteiger partial charge in [0, 0.05) is 0 Å². The van der Waals surface area contributed by atoms with Crippen molar-refractivity contribution in [3.63, 3.8) is 0 Å². The second kappa shape index (κ2) is 3.99. The summed E-state index contributed by atoms with van der Waals surface area (Å²) in [6.45, 7) is 7.34. The van der Waals surface area contributed by atoms with Crippen molar-refractivity contribution in [2.45, 2.75) is 72.1 Å². The van der Waals surface area contributed by atoms with Crippen LogP contribution >= 0.6 is 0 Å². The summed E-state index contributed by atoms with van der Waals surface area (Å²) in [6.07, 6.45) is 10.7. The van der Waals surface area contributed by atoms with E-state index in [0.717, 1.165) is 24.2 Å². The number of esters is 1. The van der Waals surface area contributed by atoms with Gasteiger partial charge in [0.15, 0.2) is 0 Å². The van der Waals surface area contributed by atoms with Crippen molar-refractivity contribution in [3.8, 4) is 0 Å². The van der Waals surface area contributed by atoms with Crippen LogP contribution in [0.1, 0.15) is 72.1 Å². The molecule has 8 atom stereocenters. The number of methoxy groups -OCH3 is 1. The fourth-order valence-corrected chi connectivity index (χ4v) is 9.09. The Morgan fingerprint density at radius 1 is 1.00 bits per heavy atom. The van der Waals surface area contributed by atoms with Crippen molar-refractivity contribution in [3.05, 3.63) is 0 Å². The lowest BCUT2D eigenvalue weighted by Gasteiger charge is -2.65. The van der Waals surface area contributed by atoms with Crippen LogP contribution in [0, 0.1) is 45.3 Å². The van der Waals surface area contributed by atoms with E-state index in [-0.39, 0.29) is 11.4 Å². The Hall–Kier alpha value is -0.530. The molecule has 1 spiro atoms. The standard InChI is InChI=1S/C21H32O2/c1-18-7-5-8-19(2,17(22)23-4)15(18)6-9-21-11-14-13(10-16(18)21)20(14,3)12-21/h13-16H,5-12H2,1-4H3/t13-,14+,15+,16+,18-,19-,20-,21+/m1/s1. The van der Waals surface area contributed by atoms with Crippen LogP contribution in [0.25, 0.3) is 0 Å². The van der Waals surface area contributed by atoms with Crippen molar-refractivity contribution in [1.82, 2.24) is 0 Å². The number of carbonyl (C=O) groups excluding carboxylic acids is 1. The lowest BCUT2D eigenvalue weighted by atomic mass is 9.39. The van der Waals surface area contributed by atoms with Crippen LogP contribution in [0.2, 0.25) is 0 Å². The van der Waals surface area contributed by atoms with Gasteiger partial charge in [0.2, 0.25) is 0 Å². The summed E-state index contributed by atoms with van der Waals surface area (Å²) in [7, 11) is 1.58. The summed E-state index contributed by atoms with van der Waals surface area (Å²) in [5, 5.41) is 0. The van der Waals surface area contributed by atoms with E-state index in [0.29, 0.717) is 22.2 Å². The monoisotopic (exact) mass is 316 g/mol. The van der Waals surface area contributed by atoms with Gasteiger partial charge in [-0.25, -0.2) is 0 Å². The highest BCUT2D eigenvalue weighted by Crippen LogP contribution is 2.85. The molecule has 2 nitrogen and oxygen atoms in total. The third-order valence-corrected chi connectivity index (χ3v) is 10.0. The number of carbonyl (C=O) groups is 1. The first-order valence-corrected chi connectivity index (χ1v) is 9.89.